The molecule has 26 heavy (non-hydrogen) atoms. The number of aliphatic hydroxyl groups is 1. The summed E-state index contributed by atoms with van der Waals surface area (Å²) in [5.74, 6) is -0.181. The van der Waals surface area contributed by atoms with Crippen LogP contribution in [0.15, 0.2) is 45.4 Å². The fraction of sp³-hybridized carbons (Fsp3) is 0.118. The fourth-order valence-corrected chi connectivity index (χ4v) is 2.40. The van der Waals surface area contributed by atoms with Gasteiger partial charge in [0.2, 0.25) is 0 Å². The predicted molar refractivity (Wildman–Crippen MR) is 94.1 cm³/mol. The van der Waals surface area contributed by atoms with E-state index in [9.17, 15) is 9.90 Å². The van der Waals surface area contributed by atoms with E-state index >= 15 is 0 Å². The first-order chi connectivity index (χ1) is 13.2. The van der Waals surface area contributed by atoms with Crippen LogP contribution in [0.4, 0.5) is 11.6 Å². The number of methoxy groups -OCH3 is 1. The molecule has 0 fully saturated rings. The minimum absolute atomic E-state index is 0.0637. The molecule has 5 N–H and O–H groups in total. The molecule has 0 aliphatic heterocycles. The molecule has 0 amide bonds. The van der Waals surface area contributed by atoms with Crippen molar-refractivity contribution in [3.63, 3.8) is 0 Å². The first kappa shape index (κ1) is 14.7. The highest BCUT2D eigenvalue weighted by Crippen LogP contribution is 2.25. The van der Waals surface area contributed by atoms with Gasteiger partial charge >= 0.3 is 5.97 Å². The molecular formula is C17H16N4O5. The van der Waals surface area contributed by atoms with Crippen molar-refractivity contribution >= 4 is 39.5 Å². The van der Waals surface area contributed by atoms with Crippen LogP contribution >= 0.6 is 0 Å². The van der Waals surface area contributed by atoms with Gasteiger partial charge < -0.3 is 30.4 Å². The molecule has 4 aromatic rings. The minimum Gasteiger partial charge on any atom is -0.465 e. The zero-order valence-corrected chi connectivity index (χ0v) is 13.6. The Bertz CT molecular complexity index is 1150. The Morgan fingerprint density at radius 2 is 1.69 bits per heavy atom. The summed E-state index contributed by atoms with van der Waals surface area (Å²) in [4.78, 5) is 11.3. The van der Waals surface area contributed by atoms with Gasteiger partial charge in [-0.05, 0) is 23.8 Å². The lowest BCUT2D eigenvalue weighted by Crippen LogP contribution is -2.02. The first-order valence-corrected chi connectivity index (χ1v) is 7.33. The maximum absolute atomic E-state index is 11.3. The van der Waals surface area contributed by atoms with Crippen molar-refractivity contribution in [2.75, 3.05) is 18.6 Å². The van der Waals surface area contributed by atoms with Crippen LogP contribution in [0.25, 0.3) is 21.9 Å². The van der Waals surface area contributed by atoms with Crippen molar-refractivity contribution in [3.8, 4) is 0 Å². The van der Waals surface area contributed by atoms with E-state index in [0.717, 1.165) is 0 Å². The van der Waals surface area contributed by atoms with Crippen LogP contribution in [0.5, 0.6) is 0 Å². The van der Waals surface area contributed by atoms with Crippen molar-refractivity contribution in [3.05, 3.63) is 47.5 Å². The van der Waals surface area contributed by atoms with Gasteiger partial charge in [-0.1, -0.05) is 28.5 Å². The number of nitrogens with two attached hydrogens (primary N) is 2. The average Bonchev–Trinajstić information content (AvgIpc) is 3.24. The van der Waals surface area contributed by atoms with Gasteiger partial charge in [0.15, 0.2) is 22.8 Å². The second-order valence-corrected chi connectivity index (χ2v) is 5.10. The van der Waals surface area contributed by atoms with Gasteiger partial charge in [0.1, 0.15) is 0 Å². The molecule has 2 heterocycles. The monoisotopic (exact) mass is 358 g/mol. The number of anilines is 2. The van der Waals surface area contributed by atoms with Crippen LogP contribution in [0.2, 0.25) is 0 Å². The Labute approximate surface area is 149 Å². The normalized spacial score (nSPS) is 12.2. The first-order valence-electron chi connectivity index (χ1n) is 8.33. The van der Waals surface area contributed by atoms with Gasteiger partial charge in [0, 0.05) is 0 Å². The summed E-state index contributed by atoms with van der Waals surface area (Å²) in [6, 6.07) is 9.59. The van der Waals surface area contributed by atoms with Gasteiger partial charge in [0.25, 0.3) is 0 Å². The molecule has 134 valence electrons. The second kappa shape index (κ2) is 7.11. The molecule has 0 aliphatic rings. The lowest BCUT2D eigenvalue weighted by molar-refractivity contribution is 0.0603. The van der Waals surface area contributed by atoms with Crippen LogP contribution in [-0.2, 0) is 11.3 Å². The highest BCUT2D eigenvalue weighted by atomic mass is 16.5. The number of aromatic nitrogens is 2. The topological polar surface area (TPSA) is 151 Å². The Hall–Kier alpha value is -3.59. The number of ether oxygens (including phenoxy) is 1. The van der Waals surface area contributed by atoms with Crippen molar-refractivity contribution in [1.82, 2.24) is 10.3 Å². The molecule has 9 nitrogen and oxygen atoms in total. The Morgan fingerprint density at radius 3 is 2.31 bits per heavy atom. The third-order valence-corrected chi connectivity index (χ3v) is 3.58. The highest BCUT2D eigenvalue weighted by Gasteiger charge is 2.15. The molecule has 9 heteroatoms. The number of rotatable bonds is 2. The lowest BCUT2D eigenvalue weighted by Gasteiger charge is -1.99. The number of nitrogens with zero attached hydrogens (tertiary/aromatic N) is 2. The van der Waals surface area contributed by atoms with E-state index in [-0.39, 0.29) is 17.2 Å². The molecule has 0 radical (unpaired) electrons. The molecule has 2 aromatic carbocycles. The van der Waals surface area contributed by atoms with Gasteiger partial charge in [-0.15, -0.1) is 0 Å². The molecular weight excluding hydrogens is 340 g/mol. The molecule has 2 aromatic heterocycles. The molecule has 0 saturated carbocycles. The van der Waals surface area contributed by atoms with Crippen LogP contribution in [0, 0.1) is 0 Å². The van der Waals surface area contributed by atoms with Crippen LogP contribution < -0.4 is 11.5 Å². The maximum Gasteiger partial charge on any atom is 0.338 e. The van der Waals surface area contributed by atoms with Gasteiger partial charge in [-0.2, -0.15) is 0 Å². The molecule has 0 bridgehead atoms. The van der Waals surface area contributed by atoms with E-state index in [1.807, 2.05) is 0 Å². The molecule has 4 rings (SSSR count). The Morgan fingerprint density at radius 1 is 1.12 bits per heavy atom. The maximum atomic E-state index is 11.3. The number of benzene rings is 2. The molecule has 0 unspecified atom stereocenters. The van der Waals surface area contributed by atoms with E-state index < -0.39 is 12.5 Å². The van der Waals surface area contributed by atoms with E-state index in [0.29, 0.717) is 27.5 Å². The number of hydrogen-bond donors (Lipinski definition) is 3. The summed E-state index contributed by atoms with van der Waals surface area (Å²) in [5.41, 5.74) is 12.3. The summed E-state index contributed by atoms with van der Waals surface area (Å²) in [6.45, 7) is -2.45. The van der Waals surface area contributed by atoms with Crippen molar-refractivity contribution in [2.24, 2.45) is 0 Å². The van der Waals surface area contributed by atoms with Crippen molar-refractivity contribution < 1.29 is 26.4 Å². The minimum atomic E-state index is -2.45. The van der Waals surface area contributed by atoms with Crippen LogP contribution in [-0.4, -0.2) is 28.5 Å². The van der Waals surface area contributed by atoms with Crippen molar-refractivity contribution in [2.45, 2.75) is 6.56 Å². The summed E-state index contributed by atoms with van der Waals surface area (Å²) < 4.78 is 28.7. The summed E-state index contributed by atoms with van der Waals surface area (Å²) in [7, 11) is 1.31. The number of fused-ring (bicyclic) bond motifs is 2. The number of hydrogen-bond acceptors (Lipinski definition) is 9. The third-order valence-electron chi connectivity index (χ3n) is 3.58. The number of carbonyl (C=O) groups excluding carboxylic acids is 1. The largest absolute Gasteiger partial charge is 0.465 e. The average molecular weight is 358 g/mol. The molecule has 0 atom stereocenters. The van der Waals surface area contributed by atoms with E-state index in [1.165, 1.54) is 13.2 Å². The fourth-order valence-electron chi connectivity index (χ4n) is 2.40. The Balaban J connectivity index is 0.000000161. The van der Waals surface area contributed by atoms with Gasteiger partial charge in [-0.3, -0.25) is 0 Å². The number of nitrogen functional groups attached to an aromatic ring is 2. The van der Waals surface area contributed by atoms with Crippen molar-refractivity contribution in [1.29, 1.82) is 0 Å². The van der Waals surface area contributed by atoms with Crippen LogP contribution in [0.3, 0.4) is 0 Å². The molecule has 0 spiro atoms. The summed E-state index contributed by atoms with van der Waals surface area (Å²) >= 11 is 0. The summed E-state index contributed by atoms with van der Waals surface area (Å²) in [6.07, 6.45) is 0. The highest BCUT2D eigenvalue weighted by molar-refractivity contribution is 6.06. The zero-order valence-electron chi connectivity index (χ0n) is 15.6. The van der Waals surface area contributed by atoms with E-state index in [4.69, 9.17) is 23.3 Å². The van der Waals surface area contributed by atoms with Crippen LogP contribution in [0.1, 0.15) is 18.7 Å². The smallest absolute Gasteiger partial charge is 0.338 e. The van der Waals surface area contributed by atoms with E-state index in [2.05, 4.69) is 15.1 Å². The Kier molecular flexibility index (Phi) is 4.03. The quantitative estimate of drug-likeness (QED) is 0.457. The zero-order chi connectivity index (χ0) is 20.5. The summed E-state index contributed by atoms with van der Waals surface area (Å²) in [5, 5.41) is 17.1. The predicted octanol–water partition coefficient (Wildman–Crippen LogP) is 2.10. The number of carbonyl (C=O) groups is 1. The SMILES string of the molecule is COC(=O)c1cccc2onc(N)c12.[2H]C([2H])(O)c1cccc2onc(N)c12. The lowest BCUT2D eigenvalue weighted by atomic mass is 10.1. The van der Waals surface area contributed by atoms with E-state index in [1.54, 1.807) is 30.3 Å². The number of esters is 1. The van der Waals surface area contributed by atoms with Gasteiger partial charge in [0.05, 0.1) is 32.7 Å². The van der Waals surface area contributed by atoms with Gasteiger partial charge in [-0.25, -0.2) is 4.79 Å². The third kappa shape index (κ3) is 3.03. The second-order valence-electron chi connectivity index (χ2n) is 5.10. The molecule has 0 saturated heterocycles. The standard InChI is InChI=1S/C9H8N2O3.C8H8N2O2/c1-13-9(12)5-3-2-4-6-7(5)8(10)11-14-6;9-8-7-5(4-11)2-1-3-6(7)12-10-8/h2-4H,1H3,(H2,10,11);1-3,11H,4H2,(H2,9,10)/i;4D2. The molecule has 0 aliphatic carbocycles.